The van der Waals surface area contributed by atoms with E-state index in [-0.39, 0.29) is 5.56 Å². The van der Waals surface area contributed by atoms with Crippen LogP contribution in [0.4, 0.5) is 45.2 Å². The quantitative estimate of drug-likeness (QED) is 0.464. The largest absolute Gasteiger partial charge is 0.490 e. The van der Waals surface area contributed by atoms with E-state index in [4.69, 9.17) is 0 Å². The number of hydrogen-bond donors (Lipinski definition) is 1. The van der Waals surface area contributed by atoms with Gasteiger partial charge in [0.1, 0.15) is 0 Å². The van der Waals surface area contributed by atoms with Gasteiger partial charge in [-0.25, -0.2) is 4.79 Å². The Kier molecular flexibility index (Phi) is 6.80. The number of piperazine rings is 1. The summed E-state index contributed by atoms with van der Waals surface area (Å²) >= 11 is 0. The molecule has 0 aromatic heterocycles. The summed E-state index contributed by atoms with van der Waals surface area (Å²) in [6, 6.07) is 9.11. The van der Waals surface area contributed by atoms with E-state index in [1.807, 2.05) is 0 Å². The second-order valence-corrected chi connectivity index (χ2v) is 7.43. The van der Waals surface area contributed by atoms with Crippen LogP contribution >= 0.6 is 0 Å². The Bertz CT molecular complexity index is 977. The van der Waals surface area contributed by atoms with Crippen LogP contribution in [0, 0.1) is 0 Å². The number of esters is 1. The predicted octanol–water partition coefficient (Wildman–Crippen LogP) is 5.19. The summed E-state index contributed by atoms with van der Waals surface area (Å²) in [5.74, 6) is -3.62. The highest BCUT2D eigenvalue weighted by Gasteiger charge is 2.76. The van der Waals surface area contributed by atoms with Gasteiger partial charge in [-0.3, -0.25) is 0 Å². The van der Waals surface area contributed by atoms with Crippen molar-refractivity contribution < 1.29 is 49.0 Å². The standard InChI is InChI=1S/C21H17F9N2O2/c22-19(23,24)17(33)34-18(20(25,26)27,21(28,29)30)15-5-1-13(2-6-15)14-3-7-16(8-4-14)32-11-9-31-10-12-32/h1-8,31H,9-12H2. The summed E-state index contributed by atoms with van der Waals surface area (Å²) in [5, 5.41) is 3.18. The van der Waals surface area contributed by atoms with E-state index in [0.29, 0.717) is 17.7 Å². The van der Waals surface area contributed by atoms with Crippen LogP contribution in [-0.2, 0) is 15.1 Å². The molecule has 1 heterocycles. The van der Waals surface area contributed by atoms with Crippen molar-refractivity contribution >= 4 is 11.7 Å². The smallest absolute Gasteiger partial charge is 0.428 e. The van der Waals surface area contributed by atoms with E-state index in [1.54, 1.807) is 24.3 Å². The minimum absolute atomic E-state index is 0.205. The first kappa shape index (κ1) is 25.7. The SMILES string of the molecule is O=C(OC(c1ccc(-c2ccc(N3CCNCC3)cc2)cc1)(C(F)(F)F)C(F)(F)F)C(F)(F)F. The number of carbonyl (C=O) groups excluding carboxylic acids is 1. The summed E-state index contributed by atoms with van der Waals surface area (Å²) in [6.45, 7) is 3.06. The Balaban J connectivity index is 1.97. The number of nitrogens with one attached hydrogen (secondary N) is 1. The number of halogens is 9. The molecule has 3 rings (SSSR count). The lowest BCUT2D eigenvalue weighted by atomic mass is 9.90. The number of benzene rings is 2. The first-order valence-corrected chi connectivity index (χ1v) is 9.77. The van der Waals surface area contributed by atoms with Gasteiger partial charge in [0.05, 0.1) is 0 Å². The highest BCUT2D eigenvalue weighted by molar-refractivity contribution is 5.76. The Hall–Kier alpha value is -2.96. The average Bonchev–Trinajstić information content (AvgIpc) is 2.76. The maximum absolute atomic E-state index is 13.6. The van der Waals surface area contributed by atoms with Crippen molar-refractivity contribution in [1.29, 1.82) is 0 Å². The van der Waals surface area contributed by atoms with Crippen molar-refractivity contribution in [1.82, 2.24) is 5.32 Å². The van der Waals surface area contributed by atoms with E-state index in [0.717, 1.165) is 44.0 Å². The van der Waals surface area contributed by atoms with Gasteiger partial charge in [-0.15, -0.1) is 0 Å². The molecule has 0 amide bonds. The van der Waals surface area contributed by atoms with E-state index < -0.39 is 35.7 Å². The molecule has 0 saturated carbocycles. The maximum Gasteiger partial charge on any atom is 0.490 e. The maximum atomic E-state index is 13.6. The Morgan fingerprint density at radius 2 is 1.18 bits per heavy atom. The van der Waals surface area contributed by atoms with Gasteiger partial charge < -0.3 is 15.0 Å². The Labute approximate surface area is 187 Å². The fourth-order valence-electron chi connectivity index (χ4n) is 3.54. The van der Waals surface area contributed by atoms with Gasteiger partial charge in [-0.05, 0) is 23.3 Å². The molecule has 0 bridgehead atoms. The third-order valence-corrected chi connectivity index (χ3v) is 5.25. The van der Waals surface area contributed by atoms with Crippen molar-refractivity contribution in [2.24, 2.45) is 0 Å². The van der Waals surface area contributed by atoms with Gasteiger partial charge in [0.2, 0.25) is 0 Å². The molecule has 2 aromatic rings. The van der Waals surface area contributed by atoms with Crippen LogP contribution in [0.2, 0.25) is 0 Å². The zero-order chi connectivity index (χ0) is 25.4. The van der Waals surface area contributed by atoms with Gasteiger partial charge in [0.25, 0.3) is 0 Å². The second kappa shape index (κ2) is 9.01. The normalized spacial score (nSPS) is 15.9. The van der Waals surface area contributed by atoms with Gasteiger partial charge in [-0.1, -0.05) is 36.4 Å². The molecular weight excluding hydrogens is 483 g/mol. The fraction of sp³-hybridized carbons (Fsp3) is 0.381. The van der Waals surface area contributed by atoms with E-state index in [2.05, 4.69) is 15.0 Å². The molecule has 34 heavy (non-hydrogen) atoms. The molecule has 1 aliphatic rings. The summed E-state index contributed by atoms with van der Waals surface area (Å²) in [4.78, 5) is 13.1. The molecule has 2 aromatic carbocycles. The summed E-state index contributed by atoms with van der Waals surface area (Å²) in [7, 11) is 0. The second-order valence-electron chi connectivity index (χ2n) is 7.43. The third kappa shape index (κ3) is 4.93. The minimum Gasteiger partial charge on any atom is -0.428 e. The van der Waals surface area contributed by atoms with Crippen LogP contribution in [0.5, 0.6) is 0 Å². The number of hydrogen-bond acceptors (Lipinski definition) is 4. The number of ether oxygens (including phenoxy) is 1. The molecule has 13 heteroatoms. The molecule has 1 N–H and O–H groups in total. The van der Waals surface area contributed by atoms with E-state index in [1.165, 1.54) is 0 Å². The summed E-state index contributed by atoms with van der Waals surface area (Å²) < 4.78 is 122. The lowest BCUT2D eigenvalue weighted by molar-refractivity contribution is -0.382. The molecular formula is C21H17F9N2O2. The fourth-order valence-corrected chi connectivity index (χ4v) is 3.54. The van der Waals surface area contributed by atoms with Crippen molar-refractivity contribution in [3.63, 3.8) is 0 Å². The lowest BCUT2D eigenvalue weighted by Crippen LogP contribution is -2.58. The first-order chi connectivity index (χ1) is 15.7. The highest BCUT2D eigenvalue weighted by atomic mass is 19.4. The molecule has 1 saturated heterocycles. The predicted molar refractivity (Wildman–Crippen MR) is 103 cm³/mol. The molecule has 0 aliphatic carbocycles. The molecule has 186 valence electrons. The molecule has 4 nitrogen and oxygen atoms in total. The Morgan fingerprint density at radius 1 is 0.735 bits per heavy atom. The van der Waals surface area contributed by atoms with E-state index in [9.17, 15) is 44.3 Å². The van der Waals surface area contributed by atoms with E-state index >= 15 is 0 Å². The highest BCUT2D eigenvalue weighted by Crippen LogP contribution is 2.53. The number of alkyl halides is 9. The van der Waals surface area contributed by atoms with Crippen LogP contribution in [0.3, 0.4) is 0 Å². The van der Waals surface area contributed by atoms with Crippen molar-refractivity contribution in [3.05, 3.63) is 54.1 Å². The number of rotatable bonds is 4. The van der Waals surface area contributed by atoms with Crippen LogP contribution in [0.1, 0.15) is 5.56 Å². The third-order valence-electron chi connectivity index (χ3n) is 5.25. The van der Waals surface area contributed by atoms with Crippen LogP contribution in [-0.4, -0.2) is 50.7 Å². The van der Waals surface area contributed by atoms with Gasteiger partial charge in [0, 0.05) is 37.4 Å². The molecule has 0 atom stereocenters. The topological polar surface area (TPSA) is 41.6 Å². The zero-order valence-corrected chi connectivity index (χ0v) is 17.1. The summed E-state index contributed by atoms with van der Waals surface area (Å²) in [5.41, 5.74) is -5.70. The van der Waals surface area contributed by atoms with Gasteiger partial charge in [0.15, 0.2) is 0 Å². The number of carbonyl (C=O) groups is 1. The number of anilines is 1. The minimum atomic E-state index is -6.43. The lowest BCUT2D eigenvalue weighted by Gasteiger charge is -2.37. The van der Waals surface area contributed by atoms with Crippen molar-refractivity contribution in [2.75, 3.05) is 31.1 Å². The molecule has 1 fully saturated rings. The Morgan fingerprint density at radius 3 is 1.59 bits per heavy atom. The molecule has 0 spiro atoms. The molecule has 1 aliphatic heterocycles. The zero-order valence-electron chi connectivity index (χ0n) is 17.1. The monoisotopic (exact) mass is 500 g/mol. The summed E-state index contributed by atoms with van der Waals surface area (Å²) in [6.07, 6.45) is -18.9. The van der Waals surface area contributed by atoms with Crippen LogP contribution < -0.4 is 10.2 Å². The number of nitrogens with zero attached hydrogens (tertiary/aromatic N) is 1. The van der Waals surface area contributed by atoms with Crippen molar-refractivity contribution in [2.45, 2.75) is 24.1 Å². The first-order valence-electron chi connectivity index (χ1n) is 9.77. The molecule has 0 unspecified atom stereocenters. The van der Waals surface area contributed by atoms with Crippen LogP contribution in [0.15, 0.2) is 48.5 Å². The van der Waals surface area contributed by atoms with Gasteiger partial charge in [-0.2, -0.15) is 39.5 Å². The van der Waals surface area contributed by atoms with Crippen molar-refractivity contribution in [3.8, 4) is 11.1 Å². The average molecular weight is 500 g/mol. The van der Waals surface area contributed by atoms with Gasteiger partial charge >= 0.3 is 30.1 Å². The molecule has 0 radical (unpaired) electrons. The van der Waals surface area contributed by atoms with Crippen LogP contribution in [0.25, 0.3) is 11.1 Å².